The number of unbranched alkanes of at least 4 members (excludes halogenated alkanes) is 5. The predicted molar refractivity (Wildman–Crippen MR) is 130 cm³/mol. The molecule has 0 fully saturated rings. The highest BCUT2D eigenvalue weighted by Gasteiger charge is 2.35. The molecule has 0 saturated heterocycles. The van der Waals surface area contributed by atoms with Crippen molar-refractivity contribution in [3.63, 3.8) is 0 Å². The van der Waals surface area contributed by atoms with Gasteiger partial charge < -0.3 is 4.55 Å². The van der Waals surface area contributed by atoms with Crippen LogP contribution in [0.15, 0.2) is 47.4 Å². The van der Waals surface area contributed by atoms with Crippen molar-refractivity contribution in [2.24, 2.45) is 0 Å². The molecule has 35 heavy (non-hydrogen) atoms. The molecule has 3 aromatic rings. The second-order valence-corrected chi connectivity index (χ2v) is 10.1. The Morgan fingerprint density at radius 2 is 1.60 bits per heavy atom. The fourth-order valence-corrected chi connectivity index (χ4v) is 4.77. The van der Waals surface area contributed by atoms with Gasteiger partial charge in [0.25, 0.3) is 5.82 Å². The predicted octanol–water partition coefficient (Wildman–Crippen LogP) is 6.88. The van der Waals surface area contributed by atoms with Gasteiger partial charge in [0, 0.05) is 19.1 Å². The molecule has 0 aliphatic heterocycles. The van der Waals surface area contributed by atoms with Crippen molar-refractivity contribution in [2.75, 3.05) is 0 Å². The third kappa shape index (κ3) is 7.95. The molecule has 194 valence electrons. The molecule has 0 saturated carbocycles. The van der Waals surface area contributed by atoms with Crippen LogP contribution in [-0.2, 0) is 29.4 Å². The number of halogens is 4. The summed E-state index contributed by atoms with van der Waals surface area (Å²) in [5.41, 5.74) is 0.620. The quantitative estimate of drug-likeness (QED) is 0.171. The van der Waals surface area contributed by atoms with E-state index in [1.807, 2.05) is 18.4 Å². The van der Waals surface area contributed by atoms with Gasteiger partial charge in [0.2, 0.25) is 0 Å². The van der Waals surface area contributed by atoms with Crippen molar-refractivity contribution in [3.05, 3.63) is 58.9 Å². The molecule has 0 bridgehead atoms. The second kappa shape index (κ2) is 12.7. The highest BCUT2D eigenvalue weighted by atomic mass is 35.5. The fraction of sp³-hybridized carbons (Fsp3) is 0.480. The molecular weight excluding hydrogens is 501 g/mol. The Kier molecular flexibility index (Phi) is 10.6. The van der Waals surface area contributed by atoms with E-state index in [9.17, 15) is 26.1 Å². The minimum Gasteiger partial charge on any atom is -0.744 e. The van der Waals surface area contributed by atoms with Gasteiger partial charge in [0.05, 0.1) is 28.6 Å². The number of aryl methyl sites for hydroxylation is 2. The Morgan fingerprint density at radius 3 is 2.11 bits per heavy atom. The third-order valence-electron chi connectivity index (χ3n) is 5.82. The van der Waals surface area contributed by atoms with E-state index >= 15 is 0 Å². The minimum absolute atomic E-state index is 0.185. The number of hydrogen-bond donors (Lipinski definition) is 0. The fourth-order valence-electron chi connectivity index (χ4n) is 4.01. The van der Waals surface area contributed by atoms with E-state index in [0.29, 0.717) is 12.1 Å². The Hall–Kier alpha value is -2.10. The zero-order valence-corrected chi connectivity index (χ0v) is 21.8. The number of imidazole rings is 1. The van der Waals surface area contributed by atoms with Crippen molar-refractivity contribution in [1.29, 1.82) is 0 Å². The molecule has 10 heteroatoms. The Bertz CT molecular complexity index is 1210. The van der Waals surface area contributed by atoms with Gasteiger partial charge >= 0.3 is 6.18 Å². The van der Waals surface area contributed by atoms with Crippen LogP contribution in [0.1, 0.15) is 63.8 Å². The molecule has 5 nitrogen and oxygen atoms in total. The molecule has 0 aliphatic carbocycles. The lowest BCUT2D eigenvalue weighted by Gasteiger charge is -2.08. The standard InChI is InChI=1S/C19H27ClF3N2.C6H6O3S/c1-4-6-7-8-9-10-11-25-14(3)24(5-2)17-12-15(19(21,22)23)16(20)13-18(17)25;7-10(8,9)6-4-2-1-3-5-6/h12-13H,4-11H2,1-3H3;1-5H,(H,7,8,9)/q+1;/p-1. The SMILES string of the molecule is CCCCCCCC[n+]1c(C)n(CC)c2cc(C(F)(F)F)c(Cl)cc21.O=S(=O)([O-])c1ccccc1. The van der Waals surface area contributed by atoms with Crippen LogP contribution in [0.2, 0.25) is 5.02 Å². The first-order valence-corrected chi connectivity index (χ1v) is 13.5. The summed E-state index contributed by atoms with van der Waals surface area (Å²) >= 11 is 5.94. The summed E-state index contributed by atoms with van der Waals surface area (Å²) in [6.45, 7) is 7.54. The first-order chi connectivity index (χ1) is 16.4. The number of rotatable bonds is 9. The zero-order valence-electron chi connectivity index (χ0n) is 20.2. The van der Waals surface area contributed by atoms with Crippen LogP contribution < -0.4 is 4.57 Å². The number of alkyl halides is 3. The highest BCUT2D eigenvalue weighted by molar-refractivity contribution is 7.85. The first kappa shape index (κ1) is 29.1. The van der Waals surface area contributed by atoms with Crippen LogP contribution in [0.5, 0.6) is 0 Å². The molecule has 0 amide bonds. The summed E-state index contributed by atoms with van der Waals surface area (Å²) < 4.78 is 74.4. The van der Waals surface area contributed by atoms with Gasteiger partial charge in [0.15, 0.2) is 11.0 Å². The van der Waals surface area contributed by atoms with Crippen molar-refractivity contribution in [1.82, 2.24) is 4.57 Å². The van der Waals surface area contributed by atoms with Crippen molar-refractivity contribution >= 4 is 32.8 Å². The summed E-state index contributed by atoms with van der Waals surface area (Å²) in [5.74, 6) is 0.974. The van der Waals surface area contributed by atoms with Gasteiger partial charge in [-0.05, 0) is 31.9 Å². The topological polar surface area (TPSA) is 66.0 Å². The van der Waals surface area contributed by atoms with Crippen LogP contribution in [0, 0.1) is 6.92 Å². The van der Waals surface area contributed by atoms with E-state index in [0.717, 1.165) is 30.7 Å². The van der Waals surface area contributed by atoms with Gasteiger partial charge in [-0.15, -0.1) is 0 Å². The average molecular weight is 533 g/mol. The molecule has 0 radical (unpaired) electrons. The molecule has 0 atom stereocenters. The van der Waals surface area contributed by atoms with Crippen molar-refractivity contribution in [2.45, 2.75) is 83.5 Å². The molecule has 3 rings (SSSR count). The van der Waals surface area contributed by atoms with Gasteiger partial charge in [-0.3, -0.25) is 0 Å². The Balaban J connectivity index is 0.000000360. The summed E-state index contributed by atoms with van der Waals surface area (Å²) in [6, 6.07) is 9.84. The molecule has 1 aromatic heterocycles. The number of aromatic nitrogens is 2. The lowest BCUT2D eigenvalue weighted by atomic mass is 10.1. The number of hydrogen-bond acceptors (Lipinski definition) is 3. The molecule has 1 heterocycles. The van der Waals surface area contributed by atoms with E-state index in [2.05, 4.69) is 11.5 Å². The van der Waals surface area contributed by atoms with Gasteiger partial charge in [-0.1, -0.05) is 62.4 Å². The maximum atomic E-state index is 13.2. The van der Waals surface area contributed by atoms with E-state index in [1.165, 1.54) is 62.1 Å². The normalized spacial score (nSPS) is 12.0. The first-order valence-electron chi connectivity index (χ1n) is 11.7. The smallest absolute Gasteiger partial charge is 0.418 e. The van der Waals surface area contributed by atoms with E-state index in [4.69, 9.17) is 11.6 Å². The number of fused-ring (bicyclic) bond motifs is 1. The van der Waals surface area contributed by atoms with Gasteiger partial charge in [0.1, 0.15) is 10.1 Å². The summed E-state index contributed by atoms with van der Waals surface area (Å²) in [6.07, 6.45) is 2.66. The lowest BCUT2D eigenvalue weighted by Crippen LogP contribution is -2.36. The maximum Gasteiger partial charge on any atom is 0.418 e. The average Bonchev–Trinajstić information content (AvgIpc) is 3.05. The lowest BCUT2D eigenvalue weighted by molar-refractivity contribution is -0.678. The largest absolute Gasteiger partial charge is 0.744 e. The maximum absolute atomic E-state index is 13.2. The molecule has 2 aromatic carbocycles. The van der Waals surface area contributed by atoms with E-state index < -0.39 is 21.9 Å². The molecule has 0 spiro atoms. The van der Waals surface area contributed by atoms with Crippen LogP contribution in [-0.4, -0.2) is 17.5 Å². The third-order valence-corrected chi connectivity index (χ3v) is 6.98. The minimum atomic E-state index is -4.44. The summed E-state index contributed by atoms with van der Waals surface area (Å²) in [5, 5.41) is -0.232. The summed E-state index contributed by atoms with van der Waals surface area (Å²) in [7, 11) is -4.25. The van der Waals surface area contributed by atoms with Gasteiger partial charge in [-0.25, -0.2) is 17.6 Å². The molecule has 0 N–H and O–H groups in total. The summed E-state index contributed by atoms with van der Waals surface area (Å²) in [4.78, 5) is -0.185. The molecule has 0 unspecified atom stereocenters. The van der Waals surface area contributed by atoms with Crippen LogP contribution >= 0.6 is 11.6 Å². The van der Waals surface area contributed by atoms with E-state index in [1.54, 1.807) is 6.07 Å². The van der Waals surface area contributed by atoms with Gasteiger partial charge in [-0.2, -0.15) is 13.2 Å². The second-order valence-electron chi connectivity index (χ2n) is 8.30. The molecular formula is C25H32ClF3N2O3S. The Labute approximate surface area is 210 Å². The van der Waals surface area contributed by atoms with Crippen LogP contribution in [0.25, 0.3) is 11.0 Å². The molecule has 0 aliphatic rings. The van der Waals surface area contributed by atoms with Crippen molar-refractivity contribution < 1.29 is 30.7 Å². The van der Waals surface area contributed by atoms with Crippen LogP contribution in [0.3, 0.4) is 0 Å². The van der Waals surface area contributed by atoms with Crippen molar-refractivity contribution in [3.8, 4) is 0 Å². The number of benzene rings is 2. The highest BCUT2D eigenvalue weighted by Crippen LogP contribution is 2.37. The monoisotopic (exact) mass is 532 g/mol. The van der Waals surface area contributed by atoms with Crippen LogP contribution in [0.4, 0.5) is 13.2 Å². The van der Waals surface area contributed by atoms with E-state index in [-0.39, 0.29) is 9.92 Å². The number of nitrogens with zero attached hydrogens (tertiary/aromatic N) is 2. The zero-order chi connectivity index (χ0) is 26.2. The Morgan fingerprint density at radius 1 is 1.00 bits per heavy atom.